The molecule has 0 aromatic heterocycles. The minimum Gasteiger partial charge on any atom is -0.396 e. The molecular formula is C17H24N2O3. The monoisotopic (exact) mass is 304 g/mol. The highest BCUT2D eigenvalue weighted by Crippen LogP contribution is 2.23. The summed E-state index contributed by atoms with van der Waals surface area (Å²) in [5.41, 5.74) is 1.17. The number of hydrogen-bond acceptors (Lipinski definition) is 3. The molecule has 1 aliphatic rings. The topological polar surface area (TPSA) is 78.4 Å². The Balaban J connectivity index is 1.96. The Morgan fingerprint density at radius 3 is 2.73 bits per heavy atom. The largest absolute Gasteiger partial charge is 0.396 e. The van der Waals surface area contributed by atoms with Crippen molar-refractivity contribution in [2.45, 2.75) is 45.1 Å². The minimum absolute atomic E-state index is 0.00323. The Morgan fingerprint density at radius 1 is 1.23 bits per heavy atom. The molecule has 0 bridgehead atoms. The van der Waals surface area contributed by atoms with Crippen LogP contribution in [0, 0.1) is 5.92 Å². The van der Waals surface area contributed by atoms with E-state index in [0.717, 1.165) is 32.1 Å². The van der Waals surface area contributed by atoms with Crippen molar-refractivity contribution in [3.8, 4) is 0 Å². The number of urea groups is 1. The molecule has 1 fully saturated rings. The van der Waals surface area contributed by atoms with Crippen LogP contribution in [0.4, 0.5) is 10.5 Å². The van der Waals surface area contributed by atoms with Crippen LogP contribution in [0.3, 0.4) is 0 Å². The summed E-state index contributed by atoms with van der Waals surface area (Å²) in [5.74, 6) is 0.0879. The lowest BCUT2D eigenvalue weighted by molar-refractivity contribution is 0.101. The highest BCUT2D eigenvalue weighted by Gasteiger charge is 2.24. The van der Waals surface area contributed by atoms with Gasteiger partial charge < -0.3 is 15.7 Å². The number of benzene rings is 1. The first-order valence-electron chi connectivity index (χ1n) is 7.89. The summed E-state index contributed by atoms with van der Waals surface area (Å²) in [5, 5.41) is 15.2. The molecule has 0 aliphatic heterocycles. The van der Waals surface area contributed by atoms with Gasteiger partial charge in [-0.2, -0.15) is 0 Å². The Labute approximate surface area is 131 Å². The van der Waals surface area contributed by atoms with Gasteiger partial charge in [-0.25, -0.2) is 4.79 Å². The molecule has 1 aliphatic carbocycles. The second-order valence-electron chi connectivity index (χ2n) is 5.92. The van der Waals surface area contributed by atoms with E-state index in [1.807, 2.05) is 0 Å². The maximum atomic E-state index is 12.1. The van der Waals surface area contributed by atoms with Crippen molar-refractivity contribution in [3.05, 3.63) is 29.8 Å². The van der Waals surface area contributed by atoms with E-state index in [2.05, 4.69) is 10.6 Å². The van der Waals surface area contributed by atoms with Crippen LogP contribution in [0.15, 0.2) is 24.3 Å². The summed E-state index contributed by atoms with van der Waals surface area (Å²) in [6.45, 7) is 1.60. The number of hydrogen-bond donors (Lipinski definition) is 3. The molecule has 0 saturated heterocycles. The predicted molar refractivity (Wildman–Crippen MR) is 86.0 cm³/mol. The smallest absolute Gasteiger partial charge is 0.319 e. The third-order valence-electron chi connectivity index (χ3n) is 4.24. The highest BCUT2D eigenvalue weighted by atomic mass is 16.3. The van der Waals surface area contributed by atoms with E-state index in [-0.39, 0.29) is 30.4 Å². The van der Waals surface area contributed by atoms with Crippen LogP contribution >= 0.6 is 0 Å². The lowest BCUT2D eigenvalue weighted by Crippen LogP contribution is -2.43. The molecule has 1 aromatic carbocycles. The van der Waals surface area contributed by atoms with E-state index in [4.69, 9.17) is 0 Å². The van der Waals surface area contributed by atoms with Crippen LogP contribution in [-0.4, -0.2) is 29.6 Å². The molecule has 2 atom stereocenters. The van der Waals surface area contributed by atoms with Gasteiger partial charge in [-0.3, -0.25) is 4.79 Å². The molecule has 5 nitrogen and oxygen atoms in total. The lowest BCUT2D eigenvalue weighted by Gasteiger charge is -2.24. The summed E-state index contributed by atoms with van der Waals surface area (Å²) in [6.07, 6.45) is 5.16. The first kappa shape index (κ1) is 16.5. The van der Waals surface area contributed by atoms with Crippen molar-refractivity contribution in [1.82, 2.24) is 5.32 Å². The zero-order valence-electron chi connectivity index (χ0n) is 13.0. The van der Waals surface area contributed by atoms with Crippen molar-refractivity contribution in [2.75, 3.05) is 11.9 Å². The number of carbonyl (C=O) groups is 2. The van der Waals surface area contributed by atoms with Gasteiger partial charge in [0.15, 0.2) is 5.78 Å². The van der Waals surface area contributed by atoms with E-state index >= 15 is 0 Å². The fraction of sp³-hybridized carbons (Fsp3) is 0.529. The van der Waals surface area contributed by atoms with Crippen LogP contribution in [0.25, 0.3) is 0 Å². The number of aliphatic hydroxyl groups excluding tert-OH is 1. The third-order valence-corrected chi connectivity index (χ3v) is 4.24. The van der Waals surface area contributed by atoms with Crippen LogP contribution in [0.1, 0.15) is 49.4 Å². The molecule has 0 radical (unpaired) electrons. The van der Waals surface area contributed by atoms with Crippen molar-refractivity contribution in [1.29, 1.82) is 0 Å². The number of rotatable bonds is 4. The second kappa shape index (κ2) is 7.94. The number of aliphatic hydroxyl groups is 1. The summed E-state index contributed by atoms with van der Waals surface area (Å²) >= 11 is 0. The minimum atomic E-state index is -0.286. The van der Waals surface area contributed by atoms with Gasteiger partial charge >= 0.3 is 6.03 Å². The molecule has 2 amide bonds. The Kier molecular flexibility index (Phi) is 5.95. The summed E-state index contributed by atoms with van der Waals surface area (Å²) < 4.78 is 0. The van der Waals surface area contributed by atoms with Gasteiger partial charge in [0.1, 0.15) is 0 Å². The molecule has 0 spiro atoms. The van der Waals surface area contributed by atoms with Gasteiger partial charge in [0.2, 0.25) is 0 Å². The molecule has 2 unspecified atom stereocenters. The van der Waals surface area contributed by atoms with Gasteiger partial charge in [0.25, 0.3) is 0 Å². The van der Waals surface area contributed by atoms with Gasteiger partial charge in [-0.1, -0.05) is 31.4 Å². The fourth-order valence-electron chi connectivity index (χ4n) is 2.94. The number of anilines is 1. The molecule has 120 valence electrons. The van der Waals surface area contributed by atoms with Crippen molar-refractivity contribution >= 4 is 17.5 Å². The number of carbonyl (C=O) groups excluding carboxylic acids is 2. The van der Waals surface area contributed by atoms with Gasteiger partial charge in [-0.05, 0) is 31.9 Å². The standard InChI is InChI=1S/C17H24N2O3/c1-12(21)13-7-5-8-15(10-13)18-17(22)19-16-9-4-2-3-6-14(16)11-20/h5,7-8,10,14,16,20H,2-4,6,9,11H2,1H3,(H2,18,19,22). The van der Waals surface area contributed by atoms with Crippen LogP contribution in [0.2, 0.25) is 0 Å². The maximum Gasteiger partial charge on any atom is 0.319 e. The zero-order valence-corrected chi connectivity index (χ0v) is 13.0. The van der Waals surface area contributed by atoms with Gasteiger partial charge in [0.05, 0.1) is 0 Å². The quantitative estimate of drug-likeness (QED) is 0.591. The first-order chi connectivity index (χ1) is 10.6. The predicted octanol–water partition coefficient (Wildman–Crippen LogP) is 2.95. The summed E-state index contributed by atoms with van der Waals surface area (Å²) in [7, 11) is 0. The third kappa shape index (κ3) is 4.56. The summed E-state index contributed by atoms with van der Waals surface area (Å²) in [4.78, 5) is 23.5. The molecule has 5 heteroatoms. The van der Waals surface area contributed by atoms with E-state index in [1.165, 1.54) is 6.92 Å². The molecule has 0 heterocycles. The van der Waals surface area contributed by atoms with E-state index < -0.39 is 0 Å². The average Bonchev–Trinajstić information content (AvgIpc) is 2.72. The maximum absolute atomic E-state index is 12.1. The van der Waals surface area contributed by atoms with E-state index in [0.29, 0.717) is 11.3 Å². The summed E-state index contributed by atoms with van der Waals surface area (Å²) in [6, 6.07) is 6.60. The highest BCUT2D eigenvalue weighted by molar-refractivity contribution is 5.96. The van der Waals surface area contributed by atoms with E-state index in [9.17, 15) is 14.7 Å². The van der Waals surface area contributed by atoms with Crippen molar-refractivity contribution in [3.63, 3.8) is 0 Å². The number of ketones is 1. The fourth-order valence-corrected chi connectivity index (χ4v) is 2.94. The van der Waals surface area contributed by atoms with Crippen molar-refractivity contribution < 1.29 is 14.7 Å². The Bertz CT molecular complexity index is 530. The Morgan fingerprint density at radius 2 is 2.00 bits per heavy atom. The van der Waals surface area contributed by atoms with Gasteiger partial charge in [-0.15, -0.1) is 0 Å². The second-order valence-corrected chi connectivity index (χ2v) is 5.92. The molecule has 3 N–H and O–H groups in total. The molecule has 1 saturated carbocycles. The first-order valence-corrected chi connectivity index (χ1v) is 7.89. The average molecular weight is 304 g/mol. The SMILES string of the molecule is CC(=O)c1cccc(NC(=O)NC2CCCCCC2CO)c1. The normalized spacial score (nSPS) is 21.7. The molecule has 2 rings (SSSR count). The van der Waals surface area contributed by atoms with Crippen LogP contribution in [-0.2, 0) is 0 Å². The van der Waals surface area contributed by atoms with Crippen LogP contribution in [0.5, 0.6) is 0 Å². The number of amides is 2. The molecular weight excluding hydrogens is 280 g/mol. The van der Waals surface area contributed by atoms with Crippen molar-refractivity contribution in [2.24, 2.45) is 5.92 Å². The van der Waals surface area contributed by atoms with E-state index in [1.54, 1.807) is 24.3 Å². The lowest BCUT2D eigenvalue weighted by atomic mass is 9.96. The van der Waals surface area contributed by atoms with Crippen LogP contribution < -0.4 is 10.6 Å². The zero-order chi connectivity index (χ0) is 15.9. The molecule has 1 aromatic rings. The van der Waals surface area contributed by atoms with Gasteiger partial charge in [0, 0.05) is 29.8 Å². The Hall–Kier alpha value is -1.88. The molecule has 22 heavy (non-hydrogen) atoms. The number of Topliss-reactive ketones (excluding diaryl/α,β-unsaturated/α-hetero) is 1. The number of nitrogens with one attached hydrogen (secondary N) is 2.